The Morgan fingerprint density at radius 1 is 1.15 bits per heavy atom. The molecule has 0 saturated carbocycles. The second-order valence-corrected chi connectivity index (χ2v) is 13.6. The van der Waals surface area contributed by atoms with Crippen molar-refractivity contribution in [1.82, 2.24) is 0 Å². The summed E-state index contributed by atoms with van der Waals surface area (Å²) in [5.41, 5.74) is 1.20. The number of aldehydes is 1. The van der Waals surface area contributed by atoms with E-state index in [4.69, 9.17) is 4.43 Å². The second kappa shape index (κ2) is 10.2. The summed E-state index contributed by atoms with van der Waals surface area (Å²) in [5, 5.41) is 0.110. The van der Waals surface area contributed by atoms with Crippen molar-refractivity contribution in [2.45, 2.75) is 84.0 Å². The van der Waals surface area contributed by atoms with Gasteiger partial charge < -0.3 is 9.22 Å². The predicted octanol–water partition coefficient (Wildman–Crippen LogP) is 5.58. The van der Waals surface area contributed by atoms with Crippen molar-refractivity contribution in [2.24, 2.45) is 5.92 Å². The Morgan fingerprint density at radius 3 is 2.31 bits per heavy atom. The zero-order valence-electron chi connectivity index (χ0n) is 17.4. The second-order valence-electron chi connectivity index (χ2n) is 8.83. The molecule has 4 heteroatoms. The van der Waals surface area contributed by atoms with Crippen LogP contribution in [0.2, 0.25) is 18.1 Å². The Labute approximate surface area is 160 Å². The Bertz CT molecular complexity index is 561. The van der Waals surface area contributed by atoms with Crippen molar-refractivity contribution in [3.63, 3.8) is 0 Å². The number of aryl methyl sites for hydroxylation is 1. The topological polar surface area (TPSA) is 43.4 Å². The quantitative estimate of drug-likeness (QED) is 0.374. The van der Waals surface area contributed by atoms with E-state index in [9.17, 15) is 9.59 Å². The first-order valence-electron chi connectivity index (χ1n) is 9.75. The van der Waals surface area contributed by atoms with Gasteiger partial charge in [0, 0.05) is 18.8 Å². The van der Waals surface area contributed by atoms with Crippen LogP contribution in [0, 0.1) is 5.92 Å². The first-order valence-corrected chi connectivity index (χ1v) is 12.7. The molecule has 0 saturated heterocycles. The van der Waals surface area contributed by atoms with Crippen molar-refractivity contribution < 1.29 is 14.0 Å². The number of carbonyl (C=O) groups excluding carboxylic acids is 2. The van der Waals surface area contributed by atoms with Crippen LogP contribution in [0.15, 0.2) is 30.3 Å². The summed E-state index contributed by atoms with van der Waals surface area (Å²) in [7, 11) is -1.93. The smallest absolute Gasteiger partial charge is 0.192 e. The molecule has 0 spiro atoms. The summed E-state index contributed by atoms with van der Waals surface area (Å²) in [5.74, 6) is 0.155. The number of hydrogen-bond donors (Lipinski definition) is 0. The molecule has 3 nitrogen and oxygen atoms in total. The third-order valence-corrected chi connectivity index (χ3v) is 10.0. The highest BCUT2D eigenvalue weighted by Gasteiger charge is 2.40. The maximum absolute atomic E-state index is 12.2. The summed E-state index contributed by atoms with van der Waals surface area (Å²) < 4.78 is 6.46. The number of benzene rings is 1. The third kappa shape index (κ3) is 7.54. The van der Waals surface area contributed by atoms with E-state index in [1.54, 1.807) is 0 Å². The maximum atomic E-state index is 12.2. The zero-order valence-corrected chi connectivity index (χ0v) is 18.4. The first kappa shape index (κ1) is 22.8. The lowest BCUT2D eigenvalue weighted by Crippen LogP contribution is -2.45. The average Bonchev–Trinajstić information content (AvgIpc) is 2.58. The van der Waals surface area contributed by atoms with Crippen LogP contribution in [-0.4, -0.2) is 26.5 Å². The Hall–Kier alpha value is -1.26. The highest BCUT2D eigenvalue weighted by Crippen LogP contribution is 2.38. The molecule has 0 N–H and O–H groups in total. The van der Waals surface area contributed by atoms with E-state index in [1.165, 1.54) is 5.56 Å². The Morgan fingerprint density at radius 2 is 1.77 bits per heavy atom. The highest BCUT2D eigenvalue weighted by atomic mass is 28.4. The fourth-order valence-electron chi connectivity index (χ4n) is 2.63. The molecule has 0 aromatic heterocycles. The number of carbonyl (C=O) groups is 2. The van der Waals surface area contributed by atoms with Crippen molar-refractivity contribution >= 4 is 20.4 Å². The van der Waals surface area contributed by atoms with Crippen LogP contribution in [0.5, 0.6) is 0 Å². The Balaban J connectivity index is 2.49. The number of hydrogen-bond acceptors (Lipinski definition) is 3. The standard InChI is InChI=1S/C22H36O3Si/c1-18(17-23)21(25-26(5,6)22(2,3)4)14-10-13-20(24)16-15-19-11-8-7-9-12-19/h7-9,11-12,17-18,21H,10,13-16H2,1-6H3/t18-,21-/m0/s1. The van der Waals surface area contributed by atoms with Crippen LogP contribution < -0.4 is 0 Å². The van der Waals surface area contributed by atoms with Gasteiger partial charge in [-0.1, -0.05) is 58.0 Å². The molecule has 146 valence electrons. The lowest BCUT2D eigenvalue weighted by molar-refractivity contribution is -0.119. The Kier molecular flexibility index (Phi) is 8.91. The molecule has 0 heterocycles. The molecular formula is C22H36O3Si. The maximum Gasteiger partial charge on any atom is 0.192 e. The summed E-state index contributed by atoms with van der Waals surface area (Å²) >= 11 is 0. The fourth-order valence-corrected chi connectivity index (χ4v) is 4.07. The van der Waals surface area contributed by atoms with E-state index in [2.05, 4.69) is 46.0 Å². The molecule has 0 radical (unpaired) electrons. The predicted molar refractivity (Wildman–Crippen MR) is 111 cm³/mol. The molecule has 26 heavy (non-hydrogen) atoms. The third-order valence-electron chi connectivity index (χ3n) is 5.53. The molecule has 1 rings (SSSR count). The summed E-state index contributed by atoms with van der Waals surface area (Å²) in [6.07, 6.45) is 4.39. The van der Waals surface area contributed by atoms with Crippen molar-refractivity contribution in [1.29, 1.82) is 0 Å². The van der Waals surface area contributed by atoms with Crippen LogP contribution in [0.4, 0.5) is 0 Å². The molecule has 0 unspecified atom stereocenters. The van der Waals surface area contributed by atoms with Crippen molar-refractivity contribution in [3.8, 4) is 0 Å². The molecule has 2 atom stereocenters. The number of rotatable bonds is 11. The van der Waals surface area contributed by atoms with E-state index < -0.39 is 8.32 Å². The van der Waals surface area contributed by atoms with Gasteiger partial charge in [-0.15, -0.1) is 0 Å². The summed E-state index contributed by atoms with van der Waals surface area (Å²) in [4.78, 5) is 23.5. The average molecular weight is 377 g/mol. The molecule has 1 aromatic carbocycles. The number of Topliss-reactive ketones (excluding diaryl/α,β-unsaturated/α-hetero) is 1. The van der Waals surface area contributed by atoms with Gasteiger partial charge in [0.25, 0.3) is 0 Å². The van der Waals surface area contributed by atoms with Gasteiger partial charge in [-0.2, -0.15) is 0 Å². The minimum absolute atomic E-state index is 0.0877. The minimum Gasteiger partial charge on any atom is -0.413 e. The number of ketones is 1. The van der Waals surface area contributed by atoms with Gasteiger partial charge in [0.05, 0.1) is 6.10 Å². The molecule has 0 aliphatic heterocycles. The van der Waals surface area contributed by atoms with Gasteiger partial charge in [0.15, 0.2) is 8.32 Å². The largest absolute Gasteiger partial charge is 0.413 e. The van der Waals surface area contributed by atoms with Crippen molar-refractivity contribution in [2.75, 3.05) is 0 Å². The molecule has 0 fully saturated rings. The normalized spacial score (nSPS) is 14.7. The van der Waals surface area contributed by atoms with Crippen LogP contribution >= 0.6 is 0 Å². The highest BCUT2D eigenvalue weighted by molar-refractivity contribution is 6.74. The fraction of sp³-hybridized carbons (Fsp3) is 0.636. The monoisotopic (exact) mass is 376 g/mol. The molecule has 1 aromatic rings. The van der Waals surface area contributed by atoms with Crippen molar-refractivity contribution in [3.05, 3.63) is 35.9 Å². The SMILES string of the molecule is C[C@@H](C=O)[C@H](CCCC(=O)CCc1ccccc1)O[Si](C)(C)C(C)(C)C. The molecule has 0 amide bonds. The van der Waals surface area contributed by atoms with E-state index in [-0.39, 0.29) is 17.1 Å². The van der Waals surface area contributed by atoms with Gasteiger partial charge in [0.1, 0.15) is 12.1 Å². The summed E-state index contributed by atoms with van der Waals surface area (Å²) in [6, 6.07) is 10.1. The lowest BCUT2D eigenvalue weighted by Gasteiger charge is -2.40. The van der Waals surface area contributed by atoms with Crippen LogP contribution in [0.1, 0.15) is 58.9 Å². The van der Waals surface area contributed by atoms with Crippen LogP contribution in [-0.2, 0) is 20.4 Å². The zero-order chi connectivity index (χ0) is 19.8. The van der Waals surface area contributed by atoms with Gasteiger partial charge in [0.2, 0.25) is 0 Å². The van der Waals surface area contributed by atoms with Gasteiger partial charge in [-0.25, -0.2) is 0 Å². The van der Waals surface area contributed by atoms with Crippen LogP contribution in [0.3, 0.4) is 0 Å². The van der Waals surface area contributed by atoms with E-state index in [0.717, 1.165) is 25.5 Å². The molecule has 0 aliphatic carbocycles. The van der Waals surface area contributed by atoms with Crippen LogP contribution in [0.25, 0.3) is 0 Å². The van der Waals surface area contributed by atoms with Gasteiger partial charge in [-0.3, -0.25) is 4.79 Å². The molecular weight excluding hydrogens is 340 g/mol. The van der Waals surface area contributed by atoms with Gasteiger partial charge >= 0.3 is 0 Å². The molecule has 0 bridgehead atoms. The lowest BCUT2D eigenvalue weighted by atomic mass is 9.98. The van der Waals surface area contributed by atoms with E-state index >= 15 is 0 Å². The first-order chi connectivity index (χ1) is 12.1. The molecule has 0 aliphatic rings. The summed E-state index contributed by atoms with van der Waals surface area (Å²) in [6.45, 7) is 13.0. The van der Waals surface area contributed by atoms with E-state index in [0.29, 0.717) is 18.6 Å². The van der Waals surface area contributed by atoms with Gasteiger partial charge in [-0.05, 0) is 43.0 Å². The minimum atomic E-state index is -1.93. The van der Waals surface area contributed by atoms with E-state index in [1.807, 2.05) is 25.1 Å².